The van der Waals surface area contributed by atoms with Gasteiger partial charge in [0.05, 0.1) is 0 Å². The molecule has 30 heavy (non-hydrogen) atoms. The number of likely N-dealkylation sites (N-methyl/N-ethyl adjacent to an activating group) is 1. The summed E-state index contributed by atoms with van der Waals surface area (Å²) >= 11 is 6.37. The molecule has 3 rings (SSSR count). The Morgan fingerprint density at radius 2 is 1.33 bits per heavy atom. The van der Waals surface area contributed by atoms with Gasteiger partial charge < -0.3 is 9.64 Å². The van der Waals surface area contributed by atoms with Crippen LogP contribution in [0.5, 0.6) is 5.75 Å². The first-order chi connectivity index (χ1) is 14.6. The SMILES string of the molecule is CC(CCl)/C(=C(\c1ccccc1)c1ccc(OCCN(C)C)cc1)c1ccccc1. The van der Waals surface area contributed by atoms with Gasteiger partial charge in [0.2, 0.25) is 0 Å². The van der Waals surface area contributed by atoms with E-state index in [0.717, 1.165) is 17.9 Å². The van der Waals surface area contributed by atoms with E-state index in [4.69, 9.17) is 16.3 Å². The van der Waals surface area contributed by atoms with Gasteiger partial charge in [0.25, 0.3) is 0 Å². The Morgan fingerprint density at radius 3 is 1.87 bits per heavy atom. The average molecular weight is 420 g/mol. The van der Waals surface area contributed by atoms with E-state index in [0.29, 0.717) is 12.5 Å². The monoisotopic (exact) mass is 419 g/mol. The second kappa shape index (κ2) is 11.0. The quantitative estimate of drug-likeness (QED) is 0.291. The molecule has 0 saturated carbocycles. The van der Waals surface area contributed by atoms with Crippen LogP contribution in [0.4, 0.5) is 0 Å². The minimum Gasteiger partial charge on any atom is -0.492 e. The van der Waals surface area contributed by atoms with E-state index in [1.165, 1.54) is 22.3 Å². The summed E-state index contributed by atoms with van der Waals surface area (Å²) in [6.45, 7) is 3.76. The van der Waals surface area contributed by atoms with Gasteiger partial charge >= 0.3 is 0 Å². The lowest BCUT2D eigenvalue weighted by atomic mass is 9.84. The van der Waals surface area contributed by atoms with Gasteiger partial charge in [-0.05, 0) is 60.0 Å². The summed E-state index contributed by atoms with van der Waals surface area (Å²) in [7, 11) is 4.10. The predicted octanol–water partition coefficient (Wildman–Crippen LogP) is 6.46. The van der Waals surface area contributed by atoms with E-state index >= 15 is 0 Å². The highest BCUT2D eigenvalue weighted by molar-refractivity contribution is 6.19. The van der Waals surface area contributed by atoms with Gasteiger partial charge in [-0.3, -0.25) is 0 Å². The first kappa shape index (κ1) is 22.1. The van der Waals surface area contributed by atoms with Crippen LogP contribution in [0.25, 0.3) is 11.1 Å². The number of allylic oxidation sites excluding steroid dienone is 1. The molecule has 0 saturated heterocycles. The summed E-state index contributed by atoms with van der Waals surface area (Å²) in [5.41, 5.74) is 6.04. The van der Waals surface area contributed by atoms with Crippen LogP contribution in [-0.2, 0) is 0 Å². The van der Waals surface area contributed by atoms with E-state index in [9.17, 15) is 0 Å². The Kier molecular flexibility index (Phi) is 8.12. The van der Waals surface area contributed by atoms with E-state index in [2.05, 4.69) is 96.8 Å². The van der Waals surface area contributed by atoms with Crippen molar-refractivity contribution in [2.45, 2.75) is 6.92 Å². The smallest absolute Gasteiger partial charge is 0.119 e. The molecule has 3 aromatic rings. The Bertz CT molecular complexity index is 934. The van der Waals surface area contributed by atoms with Crippen LogP contribution in [0.2, 0.25) is 0 Å². The summed E-state index contributed by atoms with van der Waals surface area (Å²) in [5.74, 6) is 1.66. The maximum atomic E-state index is 6.37. The van der Waals surface area contributed by atoms with E-state index in [-0.39, 0.29) is 5.92 Å². The van der Waals surface area contributed by atoms with Crippen molar-refractivity contribution < 1.29 is 4.74 Å². The molecule has 1 atom stereocenters. The van der Waals surface area contributed by atoms with Crippen molar-refractivity contribution in [2.24, 2.45) is 5.92 Å². The van der Waals surface area contributed by atoms with Gasteiger partial charge in [0.15, 0.2) is 0 Å². The molecule has 0 bridgehead atoms. The molecule has 3 heteroatoms. The van der Waals surface area contributed by atoms with Crippen LogP contribution in [0, 0.1) is 5.92 Å². The Balaban J connectivity index is 2.08. The number of nitrogens with zero attached hydrogens (tertiary/aromatic N) is 1. The third kappa shape index (κ3) is 5.75. The van der Waals surface area contributed by atoms with Crippen molar-refractivity contribution in [1.82, 2.24) is 4.90 Å². The number of ether oxygens (including phenoxy) is 1. The molecular weight excluding hydrogens is 390 g/mol. The van der Waals surface area contributed by atoms with E-state index in [1.807, 2.05) is 14.1 Å². The highest BCUT2D eigenvalue weighted by Gasteiger charge is 2.19. The van der Waals surface area contributed by atoms with Gasteiger partial charge in [-0.1, -0.05) is 79.7 Å². The summed E-state index contributed by atoms with van der Waals surface area (Å²) < 4.78 is 5.89. The number of benzene rings is 3. The molecule has 0 N–H and O–H groups in total. The van der Waals surface area contributed by atoms with Crippen LogP contribution in [0.15, 0.2) is 84.9 Å². The molecule has 1 unspecified atom stereocenters. The molecule has 0 aliphatic rings. The van der Waals surface area contributed by atoms with Gasteiger partial charge in [-0.25, -0.2) is 0 Å². The first-order valence-corrected chi connectivity index (χ1v) is 10.9. The molecule has 0 heterocycles. The van der Waals surface area contributed by atoms with Crippen LogP contribution >= 0.6 is 11.6 Å². The zero-order chi connectivity index (χ0) is 21.3. The number of hydrogen-bond donors (Lipinski definition) is 0. The van der Waals surface area contributed by atoms with Gasteiger partial charge in [0, 0.05) is 12.4 Å². The number of rotatable bonds is 9. The minimum absolute atomic E-state index is 0.209. The molecule has 0 aliphatic heterocycles. The molecule has 0 spiro atoms. The molecule has 3 aromatic carbocycles. The summed E-state index contributed by atoms with van der Waals surface area (Å²) in [6, 6.07) is 29.5. The second-order valence-corrected chi connectivity index (χ2v) is 8.06. The minimum atomic E-state index is 0.209. The Labute approximate surface area is 185 Å². The van der Waals surface area contributed by atoms with E-state index in [1.54, 1.807) is 0 Å². The molecule has 0 fully saturated rings. The van der Waals surface area contributed by atoms with Gasteiger partial charge in [0.1, 0.15) is 12.4 Å². The second-order valence-electron chi connectivity index (χ2n) is 7.75. The fourth-order valence-electron chi connectivity index (χ4n) is 3.52. The zero-order valence-electron chi connectivity index (χ0n) is 18.0. The van der Waals surface area contributed by atoms with Crippen molar-refractivity contribution in [3.05, 3.63) is 102 Å². The van der Waals surface area contributed by atoms with Crippen LogP contribution in [-0.4, -0.2) is 38.0 Å². The van der Waals surface area contributed by atoms with Crippen molar-refractivity contribution in [2.75, 3.05) is 33.1 Å². The number of halogens is 1. The lowest BCUT2D eigenvalue weighted by Gasteiger charge is -2.21. The Hall–Kier alpha value is -2.55. The predicted molar refractivity (Wildman–Crippen MR) is 129 cm³/mol. The van der Waals surface area contributed by atoms with Gasteiger partial charge in [-0.15, -0.1) is 11.6 Å². The summed E-state index contributed by atoms with van der Waals surface area (Å²) in [4.78, 5) is 2.12. The van der Waals surface area contributed by atoms with Crippen molar-refractivity contribution in [3.8, 4) is 5.75 Å². The lowest BCUT2D eigenvalue weighted by molar-refractivity contribution is 0.261. The molecule has 0 aromatic heterocycles. The fourth-order valence-corrected chi connectivity index (χ4v) is 3.67. The van der Waals surface area contributed by atoms with Crippen LogP contribution in [0.1, 0.15) is 23.6 Å². The zero-order valence-corrected chi connectivity index (χ0v) is 18.8. The standard InChI is InChI=1S/C27H30ClNO/c1-21(20-28)26(22-10-6-4-7-11-22)27(23-12-8-5-9-13-23)24-14-16-25(17-15-24)30-19-18-29(2)3/h4-17,21H,18-20H2,1-3H3/b27-26-. The average Bonchev–Trinajstić information content (AvgIpc) is 2.78. The third-order valence-electron chi connectivity index (χ3n) is 5.09. The summed E-state index contributed by atoms with van der Waals surface area (Å²) in [6.07, 6.45) is 0. The van der Waals surface area contributed by atoms with Crippen molar-refractivity contribution >= 4 is 22.7 Å². The topological polar surface area (TPSA) is 12.5 Å². The highest BCUT2D eigenvalue weighted by Crippen LogP contribution is 2.37. The highest BCUT2D eigenvalue weighted by atomic mass is 35.5. The number of alkyl halides is 1. The van der Waals surface area contributed by atoms with E-state index < -0.39 is 0 Å². The first-order valence-electron chi connectivity index (χ1n) is 10.4. The maximum Gasteiger partial charge on any atom is 0.119 e. The normalized spacial score (nSPS) is 13.1. The maximum absolute atomic E-state index is 6.37. The largest absolute Gasteiger partial charge is 0.492 e. The molecule has 0 amide bonds. The van der Waals surface area contributed by atoms with Crippen molar-refractivity contribution in [1.29, 1.82) is 0 Å². The fraction of sp³-hybridized carbons (Fsp3) is 0.259. The molecule has 156 valence electrons. The molecular formula is C27H30ClNO. The summed E-state index contributed by atoms with van der Waals surface area (Å²) in [5, 5.41) is 0. The van der Waals surface area contributed by atoms with Crippen molar-refractivity contribution in [3.63, 3.8) is 0 Å². The molecule has 2 nitrogen and oxygen atoms in total. The number of hydrogen-bond acceptors (Lipinski definition) is 2. The molecule has 0 aliphatic carbocycles. The third-order valence-corrected chi connectivity index (χ3v) is 5.55. The van der Waals surface area contributed by atoms with Gasteiger partial charge in [-0.2, -0.15) is 0 Å². The lowest BCUT2D eigenvalue weighted by Crippen LogP contribution is -2.19. The molecule has 0 radical (unpaired) electrons. The Morgan fingerprint density at radius 1 is 0.800 bits per heavy atom. The van der Waals surface area contributed by atoms with Crippen LogP contribution < -0.4 is 4.74 Å². The van der Waals surface area contributed by atoms with Crippen LogP contribution in [0.3, 0.4) is 0 Å².